The standard InChI is InChI=1S/C27H35N3O3/c1-28(2)14-15-29(19-22-6-4-3-5-7-22)26(31)13-9-21-8-12-25-24(18-21)20-30(16-17-33-25)27(32)23-10-11-23/h3-8,12,18,23H,9-11,13-17,19-20H2,1-2H3. The number of hydrogen-bond acceptors (Lipinski definition) is 4. The summed E-state index contributed by atoms with van der Waals surface area (Å²) in [5, 5.41) is 0. The maximum Gasteiger partial charge on any atom is 0.226 e. The first kappa shape index (κ1) is 23.3. The van der Waals surface area contributed by atoms with Gasteiger partial charge in [0, 0.05) is 44.1 Å². The van der Waals surface area contributed by atoms with Gasteiger partial charge in [0.05, 0.1) is 6.54 Å². The summed E-state index contributed by atoms with van der Waals surface area (Å²) in [6.45, 7) is 3.93. The number of amides is 2. The quantitative estimate of drug-likeness (QED) is 0.589. The number of nitrogens with zero attached hydrogens (tertiary/aromatic N) is 3. The molecule has 0 spiro atoms. The van der Waals surface area contributed by atoms with Crippen LogP contribution in [0.5, 0.6) is 5.75 Å². The summed E-state index contributed by atoms with van der Waals surface area (Å²) in [6, 6.07) is 16.3. The number of carbonyl (C=O) groups is 2. The molecular formula is C27H35N3O3. The second-order valence-electron chi connectivity index (χ2n) is 9.43. The monoisotopic (exact) mass is 449 g/mol. The second kappa shape index (κ2) is 10.8. The fourth-order valence-electron chi connectivity index (χ4n) is 4.21. The van der Waals surface area contributed by atoms with Gasteiger partial charge in [0.2, 0.25) is 11.8 Å². The van der Waals surface area contributed by atoms with Crippen molar-refractivity contribution in [1.29, 1.82) is 0 Å². The van der Waals surface area contributed by atoms with Crippen LogP contribution in [0.25, 0.3) is 0 Å². The first-order chi connectivity index (χ1) is 16.0. The van der Waals surface area contributed by atoms with E-state index in [0.717, 1.165) is 41.8 Å². The van der Waals surface area contributed by atoms with Gasteiger partial charge in [-0.3, -0.25) is 9.59 Å². The summed E-state index contributed by atoms with van der Waals surface area (Å²) in [6.07, 6.45) is 3.16. The first-order valence-corrected chi connectivity index (χ1v) is 12.0. The number of fused-ring (bicyclic) bond motifs is 1. The van der Waals surface area contributed by atoms with E-state index in [0.29, 0.717) is 45.6 Å². The van der Waals surface area contributed by atoms with Gasteiger partial charge in [-0.25, -0.2) is 0 Å². The zero-order valence-electron chi connectivity index (χ0n) is 19.8. The molecule has 0 N–H and O–H groups in total. The highest BCUT2D eigenvalue weighted by molar-refractivity contribution is 5.81. The van der Waals surface area contributed by atoms with Crippen molar-refractivity contribution in [2.24, 2.45) is 5.92 Å². The molecule has 0 aromatic heterocycles. The molecule has 1 aliphatic carbocycles. The minimum atomic E-state index is 0.164. The van der Waals surface area contributed by atoms with Gasteiger partial charge in [-0.15, -0.1) is 0 Å². The van der Waals surface area contributed by atoms with Crippen LogP contribution in [0.4, 0.5) is 0 Å². The Labute approximate surface area is 197 Å². The number of aryl methyl sites for hydroxylation is 1. The third kappa shape index (κ3) is 6.57. The van der Waals surface area contributed by atoms with E-state index in [1.54, 1.807) is 0 Å². The average molecular weight is 450 g/mol. The number of likely N-dealkylation sites (N-methyl/N-ethyl adjacent to an activating group) is 1. The number of ether oxygens (including phenoxy) is 1. The van der Waals surface area contributed by atoms with Crippen molar-refractivity contribution in [2.45, 2.75) is 38.8 Å². The molecule has 2 aliphatic rings. The molecule has 0 radical (unpaired) electrons. The zero-order chi connectivity index (χ0) is 23.2. The van der Waals surface area contributed by atoms with Crippen molar-refractivity contribution in [1.82, 2.24) is 14.7 Å². The Kier molecular flexibility index (Phi) is 7.65. The van der Waals surface area contributed by atoms with Crippen molar-refractivity contribution < 1.29 is 14.3 Å². The van der Waals surface area contributed by atoms with Gasteiger partial charge in [0.15, 0.2) is 0 Å². The van der Waals surface area contributed by atoms with E-state index in [1.807, 2.05) is 54.2 Å². The van der Waals surface area contributed by atoms with Crippen LogP contribution in [0.3, 0.4) is 0 Å². The van der Waals surface area contributed by atoms with Gasteiger partial charge in [0.25, 0.3) is 0 Å². The topological polar surface area (TPSA) is 53.1 Å². The van der Waals surface area contributed by atoms with Crippen molar-refractivity contribution in [3.63, 3.8) is 0 Å². The summed E-state index contributed by atoms with van der Waals surface area (Å²) in [4.78, 5) is 31.7. The third-order valence-corrected chi connectivity index (χ3v) is 6.36. The molecule has 6 heteroatoms. The molecule has 2 amide bonds. The lowest BCUT2D eigenvalue weighted by Gasteiger charge is -2.25. The Morgan fingerprint density at radius 2 is 1.82 bits per heavy atom. The third-order valence-electron chi connectivity index (χ3n) is 6.36. The molecular weight excluding hydrogens is 414 g/mol. The molecule has 33 heavy (non-hydrogen) atoms. The molecule has 6 nitrogen and oxygen atoms in total. The van der Waals surface area contributed by atoms with E-state index in [9.17, 15) is 9.59 Å². The first-order valence-electron chi connectivity index (χ1n) is 12.0. The summed E-state index contributed by atoms with van der Waals surface area (Å²) < 4.78 is 5.89. The van der Waals surface area contributed by atoms with Crippen LogP contribution in [-0.2, 0) is 29.1 Å². The molecule has 0 saturated heterocycles. The molecule has 0 bridgehead atoms. The Hall–Kier alpha value is -2.86. The minimum Gasteiger partial charge on any atom is -0.491 e. The molecule has 4 rings (SSSR count). The number of hydrogen-bond donors (Lipinski definition) is 0. The van der Waals surface area contributed by atoms with E-state index in [4.69, 9.17) is 4.74 Å². The normalized spacial score (nSPS) is 15.5. The lowest BCUT2D eigenvalue weighted by Crippen LogP contribution is -2.36. The largest absolute Gasteiger partial charge is 0.491 e. The van der Waals surface area contributed by atoms with E-state index in [2.05, 4.69) is 23.1 Å². The van der Waals surface area contributed by atoms with Gasteiger partial charge < -0.3 is 19.4 Å². The van der Waals surface area contributed by atoms with Gasteiger partial charge in [-0.1, -0.05) is 42.5 Å². The molecule has 0 atom stereocenters. The predicted molar refractivity (Wildman–Crippen MR) is 129 cm³/mol. The van der Waals surface area contributed by atoms with Crippen molar-refractivity contribution in [3.8, 4) is 5.75 Å². The Morgan fingerprint density at radius 3 is 2.55 bits per heavy atom. The zero-order valence-corrected chi connectivity index (χ0v) is 19.8. The summed E-state index contributed by atoms with van der Waals surface area (Å²) in [7, 11) is 4.06. The van der Waals surface area contributed by atoms with Gasteiger partial charge in [0.1, 0.15) is 12.4 Å². The lowest BCUT2D eigenvalue weighted by molar-refractivity contribution is -0.133. The summed E-state index contributed by atoms with van der Waals surface area (Å²) in [5.41, 5.74) is 3.30. The SMILES string of the molecule is CN(C)CCN(Cc1ccccc1)C(=O)CCc1ccc2c(c1)CN(C(=O)C1CC1)CCO2. The van der Waals surface area contributed by atoms with E-state index >= 15 is 0 Å². The molecule has 1 heterocycles. The minimum absolute atomic E-state index is 0.164. The van der Waals surface area contributed by atoms with Gasteiger partial charge >= 0.3 is 0 Å². The molecule has 1 aliphatic heterocycles. The van der Waals surface area contributed by atoms with Crippen LogP contribution in [0, 0.1) is 5.92 Å². The van der Waals surface area contributed by atoms with Crippen LogP contribution in [0.1, 0.15) is 36.0 Å². The molecule has 0 unspecified atom stereocenters. The van der Waals surface area contributed by atoms with Crippen molar-refractivity contribution in [3.05, 3.63) is 65.2 Å². The van der Waals surface area contributed by atoms with Crippen molar-refractivity contribution in [2.75, 3.05) is 40.3 Å². The molecule has 2 aromatic carbocycles. The van der Waals surface area contributed by atoms with Crippen LogP contribution in [0.2, 0.25) is 0 Å². The highest BCUT2D eigenvalue weighted by atomic mass is 16.5. The predicted octanol–water partition coefficient (Wildman–Crippen LogP) is 3.34. The van der Waals surface area contributed by atoms with E-state index in [-0.39, 0.29) is 17.7 Å². The molecule has 176 valence electrons. The highest BCUT2D eigenvalue weighted by Crippen LogP contribution is 2.33. The molecule has 1 fully saturated rings. The van der Waals surface area contributed by atoms with Crippen LogP contribution < -0.4 is 4.74 Å². The van der Waals surface area contributed by atoms with Gasteiger partial charge in [-0.2, -0.15) is 0 Å². The average Bonchev–Trinajstić information content (AvgIpc) is 3.67. The van der Waals surface area contributed by atoms with Crippen LogP contribution in [-0.4, -0.2) is 66.9 Å². The van der Waals surface area contributed by atoms with Gasteiger partial charge in [-0.05, 0) is 50.6 Å². The van der Waals surface area contributed by atoms with Crippen LogP contribution >= 0.6 is 0 Å². The molecule has 2 aromatic rings. The Bertz CT molecular complexity index is 956. The number of rotatable bonds is 9. The second-order valence-corrected chi connectivity index (χ2v) is 9.43. The molecule has 1 saturated carbocycles. The fraction of sp³-hybridized carbons (Fsp3) is 0.481. The number of carbonyl (C=O) groups excluding carboxylic acids is 2. The fourth-order valence-corrected chi connectivity index (χ4v) is 4.21. The summed E-state index contributed by atoms with van der Waals surface area (Å²) in [5.74, 6) is 1.49. The highest BCUT2D eigenvalue weighted by Gasteiger charge is 2.34. The maximum atomic E-state index is 13.1. The Balaban J connectivity index is 1.39. The number of benzene rings is 2. The van der Waals surface area contributed by atoms with E-state index < -0.39 is 0 Å². The van der Waals surface area contributed by atoms with Crippen LogP contribution in [0.15, 0.2) is 48.5 Å². The van der Waals surface area contributed by atoms with E-state index in [1.165, 1.54) is 0 Å². The summed E-state index contributed by atoms with van der Waals surface area (Å²) >= 11 is 0. The lowest BCUT2D eigenvalue weighted by atomic mass is 10.0. The Morgan fingerprint density at radius 1 is 1.03 bits per heavy atom. The smallest absolute Gasteiger partial charge is 0.226 e. The maximum absolute atomic E-state index is 13.1. The van der Waals surface area contributed by atoms with Crippen molar-refractivity contribution >= 4 is 11.8 Å².